The van der Waals surface area contributed by atoms with Gasteiger partial charge in [0.15, 0.2) is 12.4 Å². The van der Waals surface area contributed by atoms with Gasteiger partial charge in [-0.2, -0.15) is 0 Å². The molecule has 1 fully saturated rings. The fraction of sp³-hybridized carbons (Fsp3) is 0.792. The van der Waals surface area contributed by atoms with Gasteiger partial charge in [-0.3, -0.25) is 9.59 Å². The van der Waals surface area contributed by atoms with Gasteiger partial charge in [0.25, 0.3) is 0 Å². The van der Waals surface area contributed by atoms with Gasteiger partial charge in [0, 0.05) is 6.42 Å². The fourth-order valence-electron chi connectivity index (χ4n) is 11.3. The molecule has 0 aromatic rings. The fourth-order valence-corrected chi connectivity index (χ4v) is 11.3. The molecule has 11 heteroatoms. The van der Waals surface area contributed by atoms with E-state index >= 15 is 0 Å². The number of ether oxygens (including phenoxy) is 3. The lowest BCUT2D eigenvalue weighted by Crippen LogP contribution is -2.61. The molecule has 8 atom stereocenters. The molecule has 1 aliphatic rings. The lowest BCUT2D eigenvalue weighted by Gasteiger charge is -2.41. The van der Waals surface area contributed by atoms with Gasteiger partial charge in [-0.15, -0.1) is 0 Å². The molecule has 0 radical (unpaired) electrons. The van der Waals surface area contributed by atoms with Crippen LogP contribution in [0.1, 0.15) is 329 Å². The van der Waals surface area contributed by atoms with Crippen molar-refractivity contribution in [2.24, 2.45) is 0 Å². The predicted octanol–water partition coefficient (Wildman–Crippen LogP) is 19.2. The van der Waals surface area contributed by atoms with Gasteiger partial charge in [0.05, 0.1) is 25.4 Å². The van der Waals surface area contributed by atoms with Crippen LogP contribution in [0, 0.1) is 0 Å². The molecular formula is C77H137NO10. The third-order valence-corrected chi connectivity index (χ3v) is 17.0. The lowest BCUT2D eigenvalue weighted by atomic mass is 9.99. The Labute approximate surface area is 540 Å². The quantitative estimate of drug-likeness (QED) is 0.0195. The minimum Gasteiger partial charge on any atom is -0.454 e. The van der Waals surface area contributed by atoms with Gasteiger partial charge in [-0.05, 0) is 96.3 Å². The number of carbonyl (C=O) groups is 2. The molecule has 0 aliphatic carbocycles. The molecule has 0 spiro atoms. The zero-order valence-corrected chi connectivity index (χ0v) is 56.8. The summed E-state index contributed by atoms with van der Waals surface area (Å²) >= 11 is 0. The summed E-state index contributed by atoms with van der Waals surface area (Å²) in [5.41, 5.74) is 0. The topological polar surface area (TPSA) is 175 Å². The Kier molecular flexibility index (Phi) is 60.2. The van der Waals surface area contributed by atoms with Crippen molar-refractivity contribution in [2.45, 2.75) is 378 Å². The molecular weight excluding hydrogens is 1100 g/mol. The van der Waals surface area contributed by atoms with Crippen LogP contribution in [0.5, 0.6) is 0 Å². The number of nitrogens with one attached hydrogen (secondary N) is 1. The standard InChI is InChI=1S/C77H137NO10/c1-4-7-10-13-16-19-22-25-27-29-31-33-34-35-36-37-39-40-42-44-46-49-52-55-58-61-64-70(81)76(85)78-68(69(80)63-60-57-54-51-48-24-21-18-15-12-9-6-3)67-86-77-75(74(84)73(83)71(66-79)87-77)88-72(82)65-62-59-56-53-50-47-45-43-41-38-32-30-28-26-23-20-17-14-11-8-5-2/h7,10,16,19,25-28,31,33,35-36,60,63,68-71,73-75,77,79-81,83-84H,4-6,8-9,11-15,17-18,20-24,29-30,32,34,37-59,61-62,64-67H2,1-3H3,(H,78,85)/b10-7-,19-16-,27-25-,28-26+,33-31-,36-35-,63-60+. The van der Waals surface area contributed by atoms with Crippen LogP contribution in [0.15, 0.2) is 85.1 Å². The zero-order chi connectivity index (χ0) is 63.9. The summed E-state index contributed by atoms with van der Waals surface area (Å²) in [6.45, 7) is 5.71. The van der Waals surface area contributed by atoms with Crippen LogP contribution < -0.4 is 5.32 Å². The molecule has 0 aromatic carbocycles. The molecule has 0 saturated carbocycles. The Morgan fingerprint density at radius 2 is 0.818 bits per heavy atom. The van der Waals surface area contributed by atoms with Gasteiger partial charge in [-0.25, -0.2) is 0 Å². The average molecular weight is 1240 g/mol. The van der Waals surface area contributed by atoms with Crippen molar-refractivity contribution in [2.75, 3.05) is 13.2 Å². The van der Waals surface area contributed by atoms with Crippen molar-refractivity contribution in [1.82, 2.24) is 5.32 Å². The van der Waals surface area contributed by atoms with E-state index in [1.807, 2.05) is 6.08 Å². The molecule has 11 nitrogen and oxygen atoms in total. The number of rotatable bonds is 63. The number of aliphatic hydroxyl groups excluding tert-OH is 5. The van der Waals surface area contributed by atoms with Crippen LogP contribution >= 0.6 is 0 Å². The van der Waals surface area contributed by atoms with Crippen molar-refractivity contribution in [1.29, 1.82) is 0 Å². The second-order valence-electron chi connectivity index (χ2n) is 25.3. The highest BCUT2D eigenvalue weighted by molar-refractivity contribution is 5.80. The highest BCUT2D eigenvalue weighted by Crippen LogP contribution is 2.26. The Morgan fingerprint density at radius 1 is 0.455 bits per heavy atom. The van der Waals surface area contributed by atoms with Gasteiger partial charge in [0.1, 0.15) is 24.4 Å². The first-order chi connectivity index (χ1) is 43.2. The van der Waals surface area contributed by atoms with Crippen LogP contribution in [-0.4, -0.2) is 99.6 Å². The largest absolute Gasteiger partial charge is 0.454 e. The second-order valence-corrected chi connectivity index (χ2v) is 25.3. The molecule has 8 unspecified atom stereocenters. The number of allylic oxidation sites excluding steroid dienone is 13. The summed E-state index contributed by atoms with van der Waals surface area (Å²) in [5.74, 6) is -1.19. The normalized spacial score (nSPS) is 18.7. The summed E-state index contributed by atoms with van der Waals surface area (Å²) in [6, 6.07) is -1.03. The van der Waals surface area contributed by atoms with E-state index in [1.165, 1.54) is 186 Å². The first kappa shape index (κ1) is 82.9. The number of hydrogen-bond donors (Lipinski definition) is 6. The Bertz CT molecular complexity index is 1760. The Hall–Kier alpha value is -3.16. The molecule has 88 heavy (non-hydrogen) atoms. The van der Waals surface area contributed by atoms with E-state index in [2.05, 4.69) is 99.0 Å². The third kappa shape index (κ3) is 50.5. The third-order valence-electron chi connectivity index (χ3n) is 17.0. The van der Waals surface area contributed by atoms with E-state index in [-0.39, 0.29) is 19.4 Å². The molecule has 1 heterocycles. The van der Waals surface area contributed by atoms with Gasteiger partial charge >= 0.3 is 5.97 Å². The van der Waals surface area contributed by atoms with Crippen molar-refractivity contribution in [3.05, 3.63) is 85.1 Å². The summed E-state index contributed by atoms with van der Waals surface area (Å²) < 4.78 is 17.7. The van der Waals surface area contributed by atoms with Crippen molar-refractivity contribution in [3.63, 3.8) is 0 Å². The zero-order valence-electron chi connectivity index (χ0n) is 56.8. The van der Waals surface area contributed by atoms with Crippen molar-refractivity contribution in [3.8, 4) is 0 Å². The lowest BCUT2D eigenvalue weighted by molar-refractivity contribution is -0.305. The minimum absolute atomic E-state index is 0.122. The van der Waals surface area contributed by atoms with E-state index in [0.29, 0.717) is 12.8 Å². The number of unbranched alkanes of at least 4 members (excludes halogenated alkanes) is 37. The molecule has 1 amide bonds. The summed E-state index contributed by atoms with van der Waals surface area (Å²) in [7, 11) is 0. The summed E-state index contributed by atoms with van der Waals surface area (Å²) in [5, 5.41) is 57.3. The van der Waals surface area contributed by atoms with Crippen LogP contribution in [-0.2, 0) is 23.8 Å². The van der Waals surface area contributed by atoms with Crippen LogP contribution in [0.2, 0.25) is 0 Å². The maximum absolute atomic E-state index is 13.5. The number of carbonyl (C=O) groups excluding carboxylic acids is 2. The van der Waals surface area contributed by atoms with E-state index in [4.69, 9.17) is 14.2 Å². The predicted molar refractivity (Wildman–Crippen MR) is 370 cm³/mol. The maximum Gasteiger partial charge on any atom is 0.306 e. The first-order valence-corrected chi connectivity index (χ1v) is 36.9. The summed E-state index contributed by atoms with van der Waals surface area (Å²) in [6.07, 6.45) is 74.8. The molecule has 0 bridgehead atoms. The van der Waals surface area contributed by atoms with Crippen LogP contribution in [0.3, 0.4) is 0 Å². The molecule has 6 N–H and O–H groups in total. The van der Waals surface area contributed by atoms with Crippen molar-refractivity contribution < 1.29 is 49.3 Å². The average Bonchev–Trinajstić information content (AvgIpc) is 1.25. The first-order valence-electron chi connectivity index (χ1n) is 36.9. The molecule has 1 aliphatic heterocycles. The second kappa shape index (κ2) is 64.0. The number of aliphatic hydroxyl groups is 5. The van der Waals surface area contributed by atoms with Gasteiger partial charge in [-0.1, -0.05) is 311 Å². The maximum atomic E-state index is 13.5. The summed E-state index contributed by atoms with van der Waals surface area (Å²) in [4.78, 5) is 26.7. The molecule has 1 rings (SSSR count). The molecule has 0 aromatic heterocycles. The van der Waals surface area contributed by atoms with Gasteiger partial charge < -0.3 is 45.1 Å². The Balaban J connectivity index is 2.55. The number of esters is 1. The van der Waals surface area contributed by atoms with Crippen LogP contribution in [0.25, 0.3) is 0 Å². The SMILES string of the molecule is CC/C=C\C/C=C\C/C=C\C/C=C\C/C=C\CCCCCCCCCCCCC(O)C(=O)NC(COC1OC(CO)C(O)C(O)C1OC(=O)CCCCCCCCCCCCC/C=C/CCCCCCCC)C(O)/C=C/CCCCCCCCCCCC. The van der Waals surface area contributed by atoms with E-state index in [0.717, 1.165) is 96.3 Å². The van der Waals surface area contributed by atoms with E-state index in [1.54, 1.807) is 6.08 Å². The number of hydrogen-bond acceptors (Lipinski definition) is 10. The number of amides is 1. The minimum atomic E-state index is -1.62. The Morgan fingerprint density at radius 3 is 1.24 bits per heavy atom. The molecule has 510 valence electrons. The van der Waals surface area contributed by atoms with Gasteiger partial charge in [0.2, 0.25) is 5.91 Å². The van der Waals surface area contributed by atoms with E-state index < -0.39 is 67.4 Å². The smallest absolute Gasteiger partial charge is 0.306 e. The molecule has 1 saturated heterocycles. The highest BCUT2D eigenvalue weighted by atomic mass is 16.7. The van der Waals surface area contributed by atoms with Crippen molar-refractivity contribution >= 4 is 11.9 Å². The monoisotopic (exact) mass is 1240 g/mol. The highest BCUT2D eigenvalue weighted by Gasteiger charge is 2.47. The van der Waals surface area contributed by atoms with Crippen LogP contribution in [0.4, 0.5) is 0 Å². The van der Waals surface area contributed by atoms with E-state index in [9.17, 15) is 35.1 Å².